The Balaban J connectivity index is 2.27. The highest BCUT2D eigenvalue weighted by Gasteiger charge is 2.06. The van der Waals surface area contributed by atoms with Crippen LogP contribution in [0.1, 0.15) is 5.56 Å². The van der Waals surface area contributed by atoms with Crippen molar-refractivity contribution in [3.05, 3.63) is 40.7 Å². The van der Waals surface area contributed by atoms with Crippen molar-refractivity contribution in [1.82, 2.24) is 4.98 Å². The summed E-state index contributed by atoms with van der Waals surface area (Å²) in [5.41, 5.74) is 7.07. The van der Waals surface area contributed by atoms with E-state index in [0.717, 1.165) is 5.69 Å². The highest BCUT2D eigenvalue weighted by Crippen LogP contribution is 2.23. The summed E-state index contributed by atoms with van der Waals surface area (Å²) in [5, 5.41) is 3.62. The molecule has 0 amide bonds. The average molecular weight is 296 g/mol. The second kappa shape index (κ2) is 5.01. The molecule has 0 fully saturated rings. The molecule has 0 aromatic carbocycles. The van der Waals surface area contributed by atoms with Crippen LogP contribution >= 0.6 is 15.9 Å². The summed E-state index contributed by atoms with van der Waals surface area (Å²) in [6.07, 6.45) is 1.61. The van der Waals surface area contributed by atoms with Crippen molar-refractivity contribution >= 4 is 21.8 Å². The van der Waals surface area contributed by atoms with Gasteiger partial charge < -0.3 is 15.0 Å². The number of furan rings is 1. The predicted octanol–water partition coefficient (Wildman–Crippen LogP) is 2.37. The summed E-state index contributed by atoms with van der Waals surface area (Å²) < 4.78 is 6.05. The number of nitrogens with zero attached hydrogens (tertiary/aromatic N) is 2. The molecule has 0 saturated carbocycles. The zero-order valence-electron chi connectivity index (χ0n) is 9.05. The molecule has 0 atom stereocenters. The van der Waals surface area contributed by atoms with Crippen LogP contribution in [0.15, 0.2) is 44.7 Å². The van der Waals surface area contributed by atoms with Gasteiger partial charge in [-0.1, -0.05) is 5.16 Å². The smallest absolute Gasteiger partial charge is 0.171 e. The number of halogens is 1. The van der Waals surface area contributed by atoms with Gasteiger partial charge in [0.15, 0.2) is 16.3 Å². The third-order valence-corrected chi connectivity index (χ3v) is 2.50. The normalized spacial score (nSPS) is 11.5. The lowest BCUT2D eigenvalue weighted by molar-refractivity contribution is 0.213. The van der Waals surface area contributed by atoms with E-state index in [4.69, 9.17) is 10.2 Å². The lowest BCUT2D eigenvalue weighted by atomic mass is 10.2. The Kier molecular flexibility index (Phi) is 3.43. The van der Waals surface area contributed by atoms with Gasteiger partial charge in [0.05, 0.1) is 0 Å². The molecule has 5 nitrogen and oxygen atoms in total. The summed E-state index contributed by atoms with van der Waals surface area (Å²) >= 11 is 3.24. The molecule has 0 aliphatic heterocycles. The quantitative estimate of drug-likeness (QED) is 0.536. The van der Waals surface area contributed by atoms with E-state index in [2.05, 4.69) is 30.9 Å². The van der Waals surface area contributed by atoms with Gasteiger partial charge in [-0.15, -0.1) is 0 Å². The molecule has 6 heteroatoms. The Morgan fingerprint density at radius 3 is 2.76 bits per heavy atom. The molecule has 2 aromatic rings. The van der Waals surface area contributed by atoms with Crippen LogP contribution in [-0.2, 0) is 4.84 Å². The summed E-state index contributed by atoms with van der Waals surface area (Å²) in [6.45, 7) is 0. The summed E-state index contributed by atoms with van der Waals surface area (Å²) in [6, 6.07) is 7.25. The van der Waals surface area contributed by atoms with E-state index in [0.29, 0.717) is 16.0 Å². The molecule has 88 valence electrons. The Morgan fingerprint density at radius 1 is 1.41 bits per heavy atom. The molecular weight excluding hydrogens is 286 g/mol. The van der Waals surface area contributed by atoms with Crippen molar-refractivity contribution in [3.8, 4) is 11.5 Å². The molecule has 0 unspecified atom stereocenters. The second-order valence-corrected chi connectivity index (χ2v) is 3.98. The van der Waals surface area contributed by atoms with Crippen LogP contribution in [0.4, 0.5) is 0 Å². The van der Waals surface area contributed by atoms with Crippen molar-refractivity contribution in [2.45, 2.75) is 0 Å². The number of oxime groups is 1. The van der Waals surface area contributed by atoms with E-state index < -0.39 is 0 Å². The number of hydrogen-bond acceptors (Lipinski definition) is 4. The maximum absolute atomic E-state index is 5.65. The van der Waals surface area contributed by atoms with Crippen LogP contribution in [0.3, 0.4) is 0 Å². The van der Waals surface area contributed by atoms with Crippen LogP contribution in [0, 0.1) is 0 Å². The zero-order chi connectivity index (χ0) is 12.3. The molecule has 0 saturated heterocycles. The molecule has 0 spiro atoms. The van der Waals surface area contributed by atoms with Crippen LogP contribution in [0.2, 0.25) is 0 Å². The van der Waals surface area contributed by atoms with E-state index in [1.54, 1.807) is 18.3 Å². The predicted molar refractivity (Wildman–Crippen MR) is 67.4 cm³/mol. The number of aromatic nitrogens is 1. The van der Waals surface area contributed by atoms with Crippen molar-refractivity contribution < 1.29 is 9.25 Å². The Bertz CT molecular complexity index is 534. The first-order chi connectivity index (χ1) is 8.20. The highest BCUT2D eigenvalue weighted by atomic mass is 79.9. The van der Waals surface area contributed by atoms with Gasteiger partial charge in [-0.05, 0) is 40.2 Å². The van der Waals surface area contributed by atoms with Gasteiger partial charge in [0.1, 0.15) is 12.8 Å². The second-order valence-electron chi connectivity index (χ2n) is 3.19. The van der Waals surface area contributed by atoms with Gasteiger partial charge in [0.25, 0.3) is 0 Å². The van der Waals surface area contributed by atoms with E-state index in [9.17, 15) is 0 Å². The van der Waals surface area contributed by atoms with Crippen LogP contribution in [0.25, 0.3) is 11.5 Å². The Hall–Kier alpha value is -1.82. The van der Waals surface area contributed by atoms with Crippen molar-refractivity contribution in [1.29, 1.82) is 0 Å². The fraction of sp³-hybridized carbons (Fsp3) is 0.0909. The van der Waals surface area contributed by atoms with Crippen molar-refractivity contribution in [2.75, 3.05) is 7.11 Å². The number of rotatable bonds is 3. The maximum atomic E-state index is 5.65. The monoisotopic (exact) mass is 295 g/mol. The fourth-order valence-corrected chi connectivity index (χ4v) is 1.60. The van der Waals surface area contributed by atoms with E-state index in [1.165, 1.54) is 7.11 Å². The summed E-state index contributed by atoms with van der Waals surface area (Å²) in [5.74, 6) is 0.970. The molecule has 2 rings (SSSR count). The molecule has 2 aromatic heterocycles. The fourth-order valence-electron chi connectivity index (χ4n) is 1.29. The standard InChI is InChI=1S/C11H10BrN3O2/c1-16-15-11(13)7-2-3-8(14-6-7)9-4-5-10(12)17-9/h2-6H,1H3,(H2,13,15). The third kappa shape index (κ3) is 2.65. The van der Waals surface area contributed by atoms with Gasteiger partial charge in [-0.3, -0.25) is 4.98 Å². The maximum Gasteiger partial charge on any atom is 0.171 e. The van der Waals surface area contributed by atoms with Crippen molar-refractivity contribution in [2.24, 2.45) is 10.9 Å². The first-order valence-electron chi connectivity index (χ1n) is 4.79. The zero-order valence-corrected chi connectivity index (χ0v) is 10.6. The molecule has 0 aliphatic carbocycles. The van der Waals surface area contributed by atoms with Crippen LogP contribution < -0.4 is 5.73 Å². The van der Waals surface area contributed by atoms with E-state index >= 15 is 0 Å². The lowest BCUT2D eigenvalue weighted by Crippen LogP contribution is -2.13. The van der Waals surface area contributed by atoms with Crippen molar-refractivity contribution in [3.63, 3.8) is 0 Å². The Morgan fingerprint density at radius 2 is 2.24 bits per heavy atom. The molecule has 0 bridgehead atoms. The third-order valence-electron chi connectivity index (χ3n) is 2.07. The van der Waals surface area contributed by atoms with E-state index in [1.807, 2.05) is 12.1 Å². The minimum atomic E-state index is 0.284. The number of pyridine rings is 1. The van der Waals surface area contributed by atoms with Gasteiger partial charge >= 0.3 is 0 Å². The lowest BCUT2D eigenvalue weighted by Gasteiger charge is -2.00. The summed E-state index contributed by atoms with van der Waals surface area (Å²) in [4.78, 5) is 8.82. The molecule has 0 radical (unpaired) electrons. The first kappa shape index (κ1) is 11.7. The number of hydrogen-bond donors (Lipinski definition) is 1. The van der Waals surface area contributed by atoms with Crippen LogP contribution in [-0.4, -0.2) is 17.9 Å². The molecular formula is C11H10BrN3O2. The SMILES string of the molecule is CO/N=C(\N)c1ccc(-c2ccc(Br)o2)nc1. The molecule has 2 heterocycles. The van der Waals surface area contributed by atoms with Gasteiger partial charge in [-0.25, -0.2) is 0 Å². The topological polar surface area (TPSA) is 73.6 Å². The Labute approximate surface area is 106 Å². The average Bonchev–Trinajstić information content (AvgIpc) is 2.76. The summed E-state index contributed by atoms with van der Waals surface area (Å²) in [7, 11) is 1.44. The first-order valence-corrected chi connectivity index (χ1v) is 5.59. The van der Waals surface area contributed by atoms with Crippen LogP contribution in [0.5, 0.6) is 0 Å². The minimum Gasteiger partial charge on any atom is -0.448 e. The molecule has 0 aliphatic rings. The number of amidine groups is 1. The largest absolute Gasteiger partial charge is 0.448 e. The highest BCUT2D eigenvalue weighted by molar-refractivity contribution is 9.10. The number of nitrogens with two attached hydrogens (primary N) is 1. The van der Waals surface area contributed by atoms with Gasteiger partial charge in [-0.2, -0.15) is 0 Å². The molecule has 17 heavy (non-hydrogen) atoms. The van der Waals surface area contributed by atoms with Gasteiger partial charge in [0.2, 0.25) is 0 Å². The molecule has 2 N–H and O–H groups in total. The van der Waals surface area contributed by atoms with E-state index in [-0.39, 0.29) is 5.84 Å². The van der Waals surface area contributed by atoms with Gasteiger partial charge in [0, 0.05) is 11.8 Å². The minimum absolute atomic E-state index is 0.284.